The van der Waals surface area contributed by atoms with Gasteiger partial charge in [-0.3, -0.25) is 14.5 Å². The summed E-state index contributed by atoms with van der Waals surface area (Å²) in [7, 11) is -3.92. The second-order valence-electron chi connectivity index (χ2n) is 9.27. The second-order valence-corrected chi connectivity index (χ2v) is 10.9. The molecule has 0 aliphatic rings. The molecule has 6 rings (SSSR count). The molecule has 2 N–H and O–H groups in total. The third-order valence-electron chi connectivity index (χ3n) is 6.42. The second kappa shape index (κ2) is 10.2. The number of sulfonamides is 1. The van der Waals surface area contributed by atoms with Crippen molar-refractivity contribution in [3.8, 4) is 11.3 Å². The van der Waals surface area contributed by atoms with Crippen LogP contribution in [0.5, 0.6) is 0 Å². The number of para-hydroxylation sites is 3. The molecule has 0 aliphatic heterocycles. The number of aromatic nitrogens is 3. The predicted octanol–water partition coefficient (Wildman–Crippen LogP) is 6.21. The van der Waals surface area contributed by atoms with Crippen LogP contribution in [-0.4, -0.2) is 29.3 Å². The van der Waals surface area contributed by atoms with Crippen molar-refractivity contribution in [2.24, 2.45) is 0 Å². The molecule has 196 valence electrons. The number of fused-ring (bicyclic) bond motifs is 2. The van der Waals surface area contributed by atoms with Crippen molar-refractivity contribution in [1.82, 2.24) is 15.0 Å². The summed E-state index contributed by atoms with van der Waals surface area (Å²) in [6.07, 6.45) is 1.37. The standard InChI is InChI=1S/C31H23N5O3S/c1-20-10-12-21(13-11-20)29-18-25(24-6-2-3-7-26(24)34-29)31(37)33-22-14-16-23(17-15-22)40(38,39)36-30-19-32-27-8-4-5-9-28(27)35-30/h2-19H,1H3,(H,33,37)(H,35,36). The molecule has 0 radical (unpaired) electrons. The van der Waals surface area contributed by atoms with Crippen LogP contribution in [-0.2, 0) is 10.0 Å². The molecule has 0 unspecified atom stereocenters. The molecule has 6 aromatic rings. The molecular formula is C31H23N5O3S. The zero-order valence-electron chi connectivity index (χ0n) is 21.4. The average Bonchev–Trinajstić information content (AvgIpc) is 2.97. The van der Waals surface area contributed by atoms with Crippen LogP contribution in [0.15, 0.2) is 114 Å². The molecule has 40 heavy (non-hydrogen) atoms. The number of amides is 1. The van der Waals surface area contributed by atoms with Gasteiger partial charge in [0, 0.05) is 16.6 Å². The third-order valence-corrected chi connectivity index (χ3v) is 7.79. The fraction of sp³-hybridized carbons (Fsp3) is 0.0323. The summed E-state index contributed by atoms with van der Waals surface area (Å²) in [6, 6.07) is 30.3. The van der Waals surface area contributed by atoms with E-state index in [0.717, 1.165) is 16.5 Å². The molecule has 2 aromatic heterocycles. The van der Waals surface area contributed by atoms with E-state index in [-0.39, 0.29) is 16.6 Å². The maximum Gasteiger partial charge on any atom is 0.263 e. The van der Waals surface area contributed by atoms with Crippen LogP contribution in [0.3, 0.4) is 0 Å². The third kappa shape index (κ3) is 5.10. The molecule has 0 fully saturated rings. The first kappa shape index (κ1) is 25.1. The van der Waals surface area contributed by atoms with Gasteiger partial charge in [-0.2, -0.15) is 0 Å². The Labute approximate surface area is 230 Å². The van der Waals surface area contributed by atoms with E-state index in [9.17, 15) is 13.2 Å². The summed E-state index contributed by atoms with van der Waals surface area (Å²) < 4.78 is 28.4. The van der Waals surface area contributed by atoms with Crippen molar-refractivity contribution in [3.05, 3.63) is 120 Å². The average molecular weight is 546 g/mol. The highest BCUT2D eigenvalue weighted by Gasteiger charge is 2.17. The van der Waals surface area contributed by atoms with Gasteiger partial charge >= 0.3 is 0 Å². The molecule has 9 heteroatoms. The number of hydrogen-bond acceptors (Lipinski definition) is 6. The van der Waals surface area contributed by atoms with Crippen LogP contribution in [0.1, 0.15) is 15.9 Å². The summed E-state index contributed by atoms with van der Waals surface area (Å²) in [5, 5.41) is 3.60. The molecule has 0 spiro atoms. The van der Waals surface area contributed by atoms with Crippen LogP contribution >= 0.6 is 0 Å². The van der Waals surface area contributed by atoms with E-state index in [2.05, 4.69) is 20.0 Å². The number of nitrogens with zero attached hydrogens (tertiary/aromatic N) is 3. The number of pyridine rings is 1. The molecule has 0 saturated heterocycles. The Bertz CT molecular complexity index is 1990. The van der Waals surface area contributed by atoms with Crippen LogP contribution in [0, 0.1) is 6.92 Å². The number of aryl methyl sites for hydroxylation is 1. The lowest BCUT2D eigenvalue weighted by atomic mass is 10.0. The number of carbonyl (C=O) groups is 1. The van der Waals surface area contributed by atoms with Gasteiger partial charge in [-0.1, -0.05) is 60.2 Å². The zero-order valence-corrected chi connectivity index (χ0v) is 22.2. The number of anilines is 2. The smallest absolute Gasteiger partial charge is 0.263 e. The van der Waals surface area contributed by atoms with E-state index in [1.807, 2.05) is 61.5 Å². The quantitative estimate of drug-likeness (QED) is 0.257. The monoisotopic (exact) mass is 545 g/mol. The lowest BCUT2D eigenvalue weighted by molar-refractivity contribution is 0.102. The van der Waals surface area contributed by atoms with E-state index in [1.54, 1.807) is 36.4 Å². The molecule has 0 atom stereocenters. The summed E-state index contributed by atoms with van der Waals surface area (Å²) in [5.74, 6) is -0.211. The highest BCUT2D eigenvalue weighted by atomic mass is 32.2. The minimum absolute atomic E-state index is 0.0245. The zero-order chi connectivity index (χ0) is 27.7. The van der Waals surface area contributed by atoms with Gasteiger partial charge in [-0.15, -0.1) is 0 Å². The number of rotatable bonds is 6. The van der Waals surface area contributed by atoms with E-state index in [0.29, 0.717) is 33.5 Å². The molecule has 0 aliphatic carbocycles. The Morgan fingerprint density at radius 2 is 1.43 bits per heavy atom. The summed E-state index contributed by atoms with van der Waals surface area (Å²) in [4.78, 5) is 26.8. The SMILES string of the molecule is Cc1ccc(-c2cc(C(=O)Nc3ccc(S(=O)(=O)Nc4cnc5ccccc5n4)cc3)c3ccccc3n2)cc1. The van der Waals surface area contributed by atoms with Crippen molar-refractivity contribution in [2.45, 2.75) is 11.8 Å². The van der Waals surface area contributed by atoms with Gasteiger partial charge in [0.15, 0.2) is 5.82 Å². The van der Waals surface area contributed by atoms with Gasteiger partial charge in [0.2, 0.25) is 0 Å². The minimum Gasteiger partial charge on any atom is -0.322 e. The Kier molecular flexibility index (Phi) is 6.41. The molecule has 2 heterocycles. The largest absolute Gasteiger partial charge is 0.322 e. The molecular weight excluding hydrogens is 522 g/mol. The Morgan fingerprint density at radius 3 is 2.17 bits per heavy atom. The number of hydrogen-bond donors (Lipinski definition) is 2. The lowest BCUT2D eigenvalue weighted by Gasteiger charge is -2.12. The van der Waals surface area contributed by atoms with E-state index >= 15 is 0 Å². The van der Waals surface area contributed by atoms with Crippen LogP contribution < -0.4 is 10.0 Å². The molecule has 8 nitrogen and oxygen atoms in total. The number of nitrogens with one attached hydrogen (secondary N) is 2. The number of carbonyl (C=O) groups excluding carboxylic acids is 1. The maximum absolute atomic E-state index is 13.4. The Hall–Kier alpha value is -5.15. The Balaban J connectivity index is 1.24. The number of benzene rings is 4. The molecule has 0 saturated carbocycles. The highest BCUT2D eigenvalue weighted by Crippen LogP contribution is 2.26. The van der Waals surface area contributed by atoms with Crippen LogP contribution in [0.4, 0.5) is 11.5 Å². The molecule has 4 aromatic carbocycles. The fourth-order valence-electron chi connectivity index (χ4n) is 4.35. The summed E-state index contributed by atoms with van der Waals surface area (Å²) >= 11 is 0. The topological polar surface area (TPSA) is 114 Å². The van der Waals surface area contributed by atoms with Gasteiger partial charge < -0.3 is 5.32 Å². The van der Waals surface area contributed by atoms with Crippen molar-refractivity contribution in [2.75, 3.05) is 10.0 Å². The van der Waals surface area contributed by atoms with Crippen molar-refractivity contribution in [3.63, 3.8) is 0 Å². The van der Waals surface area contributed by atoms with E-state index in [1.165, 1.54) is 18.3 Å². The normalized spacial score (nSPS) is 11.4. The molecule has 1 amide bonds. The highest BCUT2D eigenvalue weighted by molar-refractivity contribution is 7.92. The van der Waals surface area contributed by atoms with Crippen molar-refractivity contribution >= 4 is 49.4 Å². The van der Waals surface area contributed by atoms with Gasteiger partial charge in [-0.25, -0.2) is 18.4 Å². The van der Waals surface area contributed by atoms with Crippen molar-refractivity contribution in [1.29, 1.82) is 0 Å². The first-order valence-electron chi connectivity index (χ1n) is 12.5. The van der Waals surface area contributed by atoms with Gasteiger partial charge in [0.1, 0.15) is 0 Å². The summed E-state index contributed by atoms with van der Waals surface area (Å²) in [5.41, 5.74) is 5.59. The lowest BCUT2D eigenvalue weighted by Crippen LogP contribution is -2.15. The fourth-order valence-corrected chi connectivity index (χ4v) is 5.34. The summed E-state index contributed by atoms with van der Waals surface area (Å²) in [6.45, 7) is 2.01. The van der Waals surface area contributed by atoms with Crippen LogP contribution in [0.2, 0.25) is 0 Å². The van der Waals surface area contributed by atoms with E-state index in [4.69, 9.17) is 4.98 Å². The van der Waals surface area contributed by atoms with E-state index < -0.39 is 10.0 Å². The predicted molar refractivity (Wildman–Crippen MR) is 157 cm³/mol. The first-order valence-corrected chi connectivity index (χ1v) is 14.0. The Morgan fingerprint density at radius 1 is 0.750 bits per heavy atom. The van der Waals surface area contributed by atoms with Gasteiger partial charge in [0.25, 0.3) is 15.9 Å². The van der Waals surface area contributed by atoms with Crippen LogP contribution in [0.25, 0.3) is 33.2 Å². The molecule has 0 bridgehead atoms. The first-order chi connectivity index (χ1) is 19.4. The van der Waals surface area contributed by atoms with Gasteiger partial charge in [0.05, 0.1) is 38.9 Å². The van der Waals surface area contributed by atoms with Crippen molar-refractivity contribution < 1.29 is 13.2 Å². The maximum atomic E-state index is 13.4. The van der Waals surface area contributed by atoms with Gasteiger partial charge in [-0.05, 0) is 55.5 Å². The minimum atomic E-state index is -3.92.